The number of halogens is 1. The van der Waals surface area contributed by atoms with Crippen molar-refractivity contribution in [1.29, 1.82) is 0 Å². The lowest BCUT2D eigenvalue weighted by molar-refractivity contribution is -0.145. The maximum absolute atomic E-state index is 14.4. The van der Waals surface area contributed by atoms with Crippen molar-refractivity contribution in [3.05, 3.63) is 53.0 Å². The average molecular weight is 514 g/mol. The molecule has 9 heteroatoms. The molecule has 1 unspecified atom stereocenters. The van der Waals surface area contributed by atoms with E-state index in [4.69, 9.17) is 9.47 Å². The number of nitrogens with zero attached hydrogens (tertiary/aromatic N) is 3. The lowest BCUT2D eigenvalue weighted by atomic mass is 9.89. The Kier molecular flexibility index (Phi) is 8.97. The van der Waals surface area contributed by atoms with E-state index in [1.165, 1.54) is 18.1 Å². The van der Waals surface area contributed by atoms with E-state index in [1.54, 1.807) is 13.0 Å². The molecule has 2 aliphatic rings. The number of methoxy groups -OCH3 is 1. The number of aromatic nitrogens is 1. The molecule has 1 atom stereocenters. The number of fused-ring (bicyclic) bond motifs is 1. The number of pyridine rings is 1. The average Bonchev–Trinajstić information content (AvgIpc) is 2.86. The van der Waals surface area contributed by atoms with Gasteiger partial charge in [-0.05, 0) is 74.3 Å². The molecule has 0 bridgehead atoms. The van der Waals surface area contributed by atoms with E-state index in [-0.39, 0.29) is 24.2 Å². The summed E-state index contributed by atoms with van der Waals surface area (Å²) in [7, 11) is 1.43. The summed E-state index contributed by atoms with van der Waals surface area (Å²) in [5, 5.41) is 9.46. The van der Waals surface area contributed by atoms with Gasteiger partial charge in [0.1, 0.15) is 5.82 Å². The Morgan fingerprint density at radius 2 is 2.03 bits per heavy atom. The number of unbranched alkanes of at least 4 members (excludes halogenated alkanes) is 1. The van der Waals surface area contributed by atoms with Crippen molar-refractivity contribution in [2.75, 3.05) is 38.3 Å². The van der Waals surface area contributed by atoms with Crippen LogP contribution in [0.4, 0.5) is 15.0 Å². The Balaban J connectivity index is 1.28. The summed E-state index contributed by atoms with van der Waals surface area (Å²) in [6, 6.07) is 8.67. The maximum Gasteiger partial charge on any atom is 0.413 e. The van der Waals surface area contributed by atoms with Crippen molar-refractivity contribution in [3.8, 4) is 5.75 Å². The second-order valence-corrected chi connectivity index (χ2v) is 9.81. The second-order valence-electron chi connectivity index (χ2n) is 9.81. The van der Waals surface area contributed by atoms with Crippen LogP contribution >= 0.6 is 0 Å². The van der Waals surface area contributed by atoms with Gasteiger partial charge < -0.3 is 14.6 Å². The van der Waals surface area contributed by atoms with E-state index in [0.29, 0.717) is 24.9 Å². The van der Waals surface area contributed by atoms with E-state index >= 15 is 0 Å². The highest BCUT2D eigenvalue weighted by molar-refractivity contribution is 5.86. The number of likely N-dealkylation sites (tertiary alicyclic amines) is 1. The summed E-state index contributed by atoms with van der Waals surface area (Å²) in [5.41, 5.74) is 2.68. The number of carbonyl (C=O) groups excluding carboxylic acids is 1. The molecule has 1 aromatic carbocycles. The van der Waals surface area contributed by atoms with E-state index in [9.17, 15) is 19.1 Å². The van der Waals surface area contributed by atoms with E-state index in [1.807, 2.05) is 18.2 Å². The third kappa shape index (κ3) is 6.57. The first-order valence-corrected chi connectivity index (χ1v) is 13.1. The van der Waals surface area contributed by atoms with Gasteiger partial charge in [0.15, 0.2) is 11.6 Å². The monoisotopic (exact) mass is 513 g/mol. The number of carbonyl (C=O) groups is 2. The zero-order valence-electron chi connectivity index (χ0n) is 21.6. The van der Waals surface area contributed by atoms with Gasteiger partial charge in [-0.2, -0.15) is 0 Å². The van der Waals surface area contributed by atoms with Crippen LogP contribution in [-0.4, -0.2) is 60.4 Å². The van der Waals surface area contributed by atoms with Gasteiger partial charge in [0, 0.05) is 31.4 Å². The Labute approximate surface area is 217 Å². The molecule has 3 heterocycles. The molecule has 4 rings (SSSR count). The van der Waals surface area contributed by atoms with Crippen molar-refractivity contribution in [3.63, 3.8) is 0 Å². The molecule has 1 amide bonds. The Bertz CT molecular complexity index is 1110. The first-order chi connectivity index (χ1) is 17.9. The summed E-state index contributed by atoms with van der Waals surface area (Å²) in [6.45, 7) is 4.29. The van der Waals surface area contributed by atoms with Gasteiger partial charge in [0.05, 0.1) is 20.1 Å². The molecule has 1 aromatic heterocycles. The Hall–Kier alpha value is -3.20. The number of esters is 1. The van der Waals surface area contributed by atoms with Gasteiger partial charge >= 0.3 is 12.1 Å². The molecule has 1 saturated heterocycles. The fraction of sp³-hybridized carbons (Fsp3) is 0.536. The van der Waals surface area contributed by atoms with Crippen LogP contribution < -0.4 is 9.64 Å². The SMILES string of the molecule is CCOC(=O)CC(c1ccc(OC)c(F)c1)N1CC(CCCCc2ccc3c(n2)N(C(=O)O)CCC3)C1. The molecule has 0 spiro atoms. The number of carboxylic acid groups (broad SMARTS) is 1. The molecular weight excluding hydrogens is 477 g/mol. The third-order valence-electron chi connectivity index (χ3n) is 7.28. The topological polar surface area (TPSA) is 92.2 Å². The van der Waals surface area contributed by atoms with Crippen molar-refractivity contribution in [1.82, 2.24) is 9.88 Å². The van der Waals surface area contributed by atoms with Crippen molar-refractivity contribution >= 4 is 17.9 Å². The van der Waals surface area contributed by atoms with Gasteiger partial charge in [-0.3, -0.25) is 14.6 Å². The first-order valence-electron chi connectivity index (χ1n) is 13.1. The molecule has 1 N–H and O–H groups in total. The van der Waals surface area contributed by atoms with Crippen LogP contribution in [0.2, 0.25) is 0 Å². The molecular formula is C28H36FN3O5. The van der Waals surface area contributed by atoms with Gasteiger partial charge in [0.2, 0.25) is 0 Å². The number of benzene rings is 1. The third-order valence-corrected chi connectivity index (χ3v) is 7.28. The second kappa shape index (κ2) is 12.4. The highest BCUT2D eigenvalue weighted by Gasteiger charge is 2.34. The quantitative estimate of drug-likeness (QED) is 0.334. The largest absolute Gasteiger partial charge is 0.494 e. The molecule has 200 valence electrons. The molecule has 8 nitrogen and oxygen atoms in total. The zero-order chi connectivity index (χ0) is 26.4. The summed E-state index contributed by atoms with van der Waals surface area (Å²) >= 11 is 0. The Morgan fingerprint density at radius 3 is 2.73 bits per heavy atom. The predicted octanol–water partition coefficient (Wildman–Crippen LogP) is 5.00. The Morgan fingerprint density at radius 1 is 1.22 bits per heavy atom. The highest BCUT2D eigenvalue weighted by atomic mass is 19.1. The van der Waals surface area contributed by atoms with Crippen molar-refractivity contribution < 1.29 is 28.6 Å². The van der Waals surface area contributed by atoms with Crippen LogP contribution in [0, 0.1) is 11.7 Å². The summed E-state index contributed by atoms with van der Waals surface area (Å²) in [5.74, 6) is 0.573. The molecule has 0 aliphatic carbocycles. The van der Waals surface area contributed by atoms with Gasteiger partial charge in [-0.15, -0.1) is 0 Å². The molecule has 2 aromatic rings. The first kappa shape index (κ1) is 26.9. The standard InChI is InChI=1S/C28H36FN3O5/c1-3-37-26(33)16-24(21-11-13-25(36-2)23(29)15-21)31-17-19(18-31)7-4-5-9-22-12-10-20-8-6-14-32(28(34)35)27(20)30-22/h10-13,15,19,24H,3-9,14,16-18H2,1-2H3,(H,34,35). The summed E-state index contributed by atoms with van der Waals surface area (Å²) < 4.78 is 24.6. The minimum Gasteiger partial charge on any atom is -0.494 e. The number of hydrogen-bond acceptors (Lipinski definition) is 6. The lowest BCUT2D eigenvalue weighted by Crippen LogP contribution is -2.49. The minimum absolute atomic E-state index is 0.184. The molecule has 0 saturated carbocycles. The minimum atomic E-state index is -0.946. The number of anilines is 1. The smallest absolute Gasteiger partial charge is 0.413 e. The fourth-order valence-electron chi connectivity index (χ4n) is 5.32. The lowest BCUT2D eigenvalue weighted by Gasteiger charge is -2.44. The van der Waals surface area contributed by atoms with Crippen LogP contribution in [0.15, 0.2) is 30.3 Å². The van der Waals surface area contributed by atoms with Gasteiger partial charge in [-0.1, -0.05) is 18.6 Å². The van der Waals surface area contributed by atoms with E-state index < -0.39 is 11.9 Å². The number of amides is 1. The number of rotatable bonds is 11. The van der Waals surface area contributed by atoms with E-state index in [2.05, 4.69) is 9.88 Å². The zero-order valence-corrected chi connectivity index (χ0v) is 21.6. The normalized spacial score (nSPS) is 16.6. The molecule has 1 fully saturated rings. The summed E-state index contributed by atoms with van der Waals surface area (Å²) in [4.78, 5) is 32.0. The number of aryl methyl sites for hydroxylation is 2. The molecule has 0 radical (unpaired) electrons. The van der Waals surface area contributed by atoms with Crippen LogP contribution in [0.25, 0.3) is 0 Å². The van der Waals surface area contributed by atoms with Crippen LogP contribution in [0.1, 0.15) is 61.9 Å². The molecule has 2 aliphatic heterocycles. The maximum atomic E-state index is 14.4. The predicted molar refractivity (Wildman–Crippen MR) is 137 cm³/mol. The highest BCUT2D eigenvalue weighted by Crippen LogP contribution is 2.35. The van der Waals surface area contributed by atoms with E-state index in [0.717, 1.165) is 68.4 Å². The fourth-order valence-corrected chi connectivity index (χ4v) is 5.32. The van der Waals surface area contributed by atoms with Gasteiger partial charge in [-0.25, -0.2) is 14.2 Å². The number of ether oxygens (including phenoxy) is 2. The van der Waals surface area contributed by atoms with Crippen LogP contribution in [0.3, 0.4) is 0 Å². The molecule has 37 heavy (non-hydrogen) atoms. The van der Waals surface area contributed by atoms with Crippen LogP contribution in [0.5, 0.6) is 5.75 Å². The summed E-state index contributed by atoms with van der Waals surface area (Å²) in [6.07, 6.45) is 4.82. The number of hydrogen-bond donors (Lipinski definition) is 1. The van der Waals surface area contributed by atoms with Crippen molar-refractivity contribution in [2.24, 2.45) is 5.92 Å². The van der Waals surface area contributed by atoms with Crippen LogP contribution in [-0.2, 0) is 22.4 Å². The van der Waals surface area contributed by atoms with Gasteiger partial charge in [0.25, 0.3) is 0 Å². The van der Waals surface area contributed by atoms with Crippen molar-refractivity contribution in [2.45, 2.75) is 57.9 Å².